The van der Waals surface area contributed by atoms with Crippen molar-refractivity contribution >= 4 is 17.5 Å². The summed E-state index contributed by atoms with van der Waals surface area (Å²) in [6, 6.07) is 17.1. The third-order valence-electron chi connectivity index (χ3n) is 4.87. The van der Waals surface area contributed by atoms with Crippen LogP contribution in [0.4, 0.5) is 5.69 Å². The Labute approximate surface area is 165 Å². The van der Waals surface area contributed by atoms with E-state index in [2.05, 4.69) is 15.5 Å². The first-order valence-electron chi connectivity index (χ1n) is 9.60. The van der Waals surface area contributed by atoms with Crippen LogP contribution in [0.2, 0.25) is 0 Å². The number of rotatable bonds is 7. The van der Waals surface area contributed by atoms with Crippen LogP contribution < -0.4 is 10.6 Å². The number of benzene rings is 2. The molecular weight excluding hydrogens is 354 g/mol. The molecule has 28 heavy (non-hydrogen) atoms. The summed E-state index contributed by atoms with van der Waals surface area (Å²) in [5, 5.41) is 6.01. The number of nitrogens with one attached hydrogen (secondary N) is 2. The zero-order valence-corrected chi connectivity index (χ0v) is 16.2. The van der Waals surface area contributed by atoms with Crippen LogP contribution in [0, 0.1) is 0 Å². The number of amides is 2. The van der Waals surface area contributed by atoms with Gasteiger partial charge in [-0.15, -0.1) is 0 Å². The molecule has 6 heteroatoms. The van der Waals surface area contributed by atoms with Crippen LogP contribution in [0.1, 0.15) is 28.8 Å². The van der Waals surface area contributed by atoms with E-state index in [4.69, 9.17) is 4.74 Å². The average Bonchev–Trinajstić information content (AvgIpc) is 2.71. The molecule has 2 aromatic carbocycles. The summed E-state index contributed by atoms with van der Waals surface area (Å²) in [5.74, 6) is -0.0610. The molecule has 2 N–H and O–H groups in total. The predicted octanol–water partition coefficient (Wildman–Crippen LogP) is 2.67. The van der Waals surface area contributed by atoms with Crippen molar-refractivity contribution in [2.45, 2.75) is 25.5 Å². The Morgan fingerprint density at radius 1 is 1.04 bits per heavy atom. The average molecular weight is 381 g/mol. The van der Waals surface area contributed by atoms with E-state index in [1.807, 2.05) is 54.6 Å². The van der Waals surface area contributed by atoms with Gasteiger partial charge in [-0.2, -0.15) is 0 Å². The van der Waals surface area contributed by atoms with Gasteiger partial charge in [-0.3, -0.25) is 14.5 Å². The number of methoxy groups -OCH3 is 1. The van der Waals surface area contributed by atoms with Crippen molar-refractivity contribution in [3.63, 3.8) is 0 Å². The number of likely N-dealkylation sites (tertiary alicyclic amines) is 1. The molecule has 2 amide bonds. The minimum atomic E-state index is -0.0516. The van der Waals surface area contributed by atoms with E-state index in [0.717, 1.165) is 37.2 Å². The fourth-order valence-electron chi connectivity index (χ4n) is 3.35. The van der Waals surface area contributed by atoms with E-state index in [1.165, 1.54) is 0 Å². The number of hydrogen-bond acceptors (Lipinski definition) is 4. The highest BCUT2D eigenvalue weighted by Crippen LogP contribution is 2.13. The first-order chi connectivity index (χ1) is 13.6. The van der Waals surface area contributed by atoms with E-state index in [-0.39, 0.29) is 17.9 Å². The number of ether oxygens (including phenoxy) is 1. The van der Waals surface area contributed by atoms with Gasteiger partial charge in [0.2, 0.25) is 5.91 Å². The fraction of sp³-hybridized carbons (Fsp3) is 0.364. The second kappa shape index (κ2) is 10.0. The van der Waals surface area contributed by atoms with Gasteiger partial charge in [0.15, 0.2) is 0 Å². The topological polar surface area (TPSA) is 70.7 Å². The van der Waals surface area contributed by atoms with Crippen molar-refractivity contribution in [3.8, 4) is 0 Å². The molecular formula is C22H27N3O3. The lowest BCUT2D eigenvalue weighted by atomic mass is 10.0. The largest absolute Gasteiger partial charge is 0.380 e. The summed E-state index contributed by atoms with van der Waals surface area (Å²) in [6.45, 7) is 2.49. The predicted molar refractivity (Wildman–Crippen MR) is 109 cm³/mol. The van der Waals surface area contributed by atoms with E-state index in [9.17, 15) is 9.59 Å². The second-order valence-electron chi connectivity index (χ2n) is 7.07. The van der Waals surface area contributed by atoms with Crippen LogP contribution in [0.3, 0.4) is 0 Å². The first-order valence-corrected chi connectivity index (χ1v) is 9.60. The smallest absolute Gasteiger partial charge is 0.251 e. The third-order valence-corrected chi connectivity index (χ3v) is 4.87. The monoisotopic (exact) mass is 381 g/mol. The second-order valence-corrected chi connectivity index (χ2v) is 7.07. The van der Waals surface area contributed by atoms with Crippen LogP contribution in [-0.4, -0.2) is 49.5 Å². The summed E-state index contributed by atoms with van der Waals surface area (Å²) < 4.78 is 5.09. The maximum atomic E-state index is 12.4. The Bertz CT molecular complexity index is 769. The highest BCUT2D eigenvalue weighted by Gasteiger charge is 2.22. The molecule has 6 nitrogen and oxygen atoms in total. The minimum Gasteiger partial charge on any atom is -0.380 e. The number of carbonyl (C=O) groups is 2. The fourth-order valence-corrected chi connectivity index (χ4v) is 3.35. The molecule has 0 bridgehead atoms. The molecule has 0 atom stereocenters. The number of nitrogens with zero attached hydrogens (tertiary/aromatic N) is 1. The zero-order valence-electron chi connectivity index (χ0n) is 16.2. The molecule has 0 unspecified atom stereocenters. The minimum absolute atomic E-state index is 0.00941. The van der Waals surface area contributed by atoms with Crippen LogP contribution in [0.15, 0.2) is 54.6 Å². The maximum absolute atomic E-state index is 12.4. The van der Waals surface area contributed by atoms with Gasteiger partial charge >= 0.3 is 0 Å². The molecule has 1 heterocycles. The summed E-state index contributed by atoms with van der Waals surface area (Å²) in [4.78, 5) is 26.7. The lowest BCUT2D eigenvalue weighted by Gasteiger charge is -2.31. The lowest BCUT2D eigenvalue weighted by molar-refractivity contribution is -0.117. The van der Waals surface area contributed by atoms with Gasteiger partial charge in [0.05, 0.1) is 13.2 Å². The zero-order chi connectivity index (χ0) is 19.8. The van der Waals surface area contributed by atoms with Crippen molar-refractivity contribution in [2.24, 2.45) is 0 Å². The SMILES string of the molecule is COCc1ccc(C(=O)NC2CCN(CC(=O)Nc3ccccc3)CC2)cc1. The maximum Gasteiger partial charge on any atom is 0.251 e. The Hall–Kier alpha value is -2.70. The third kappa shape index (κ3) is 5.90. The van der Waals surface area contributed by atoms with Crippen molar-refractivity contribution in [2.75, 3.05) is 32.1 Å². The molecule has 2 aromatic rings. The van der Waals surface area contributed by atoms with Gasteiger partial charge in [0.1, 0.15) is 0 Å². The van der Waals surface area contributed by atoms with E-state index in [1.54, 1.807) is 7.11 Å². The molecule has 3 rings (SSSR count). The molecule has 1 aliphatic rings. The van der Waals surface area contributed by atoms with E-state index >= 15 is 0 Å². The number of anilines is 1. The van der Waals surface area contributed by atoms with Crippen molar-refractivity contribution in [3.05, 3.63) is 65.7 Å². The first kappa shape index (κ1) is 20.0. The molecule has 0 aliphatic carbocycles. The molecule has 1 aliphatic heterocycles. The highest BCUT2D eigenvalue weighted by atomic mass is 16.5. The molecule has 0 spiro atoms. The Kier molecular flexibility index (Phi) is 7.17. The molecule has 0 radical (unpaired) electrons. The summed E-state index contributed by atoms with van der Waals surface area (Å²) in [6.07, 6.45) is 1.68. The molecule has 148 valence electrons. The van der Waals surface area contributed by atoms with Crippen LogP contribution in [0.5, 0.6) is 0 Å². The Balaban J connectivity index is 1.41. The number of piperidine rings is 1. The van der Waals surface area contributed by atoms with Gasteiger partial charge in [0.25, 0.3) is 5.91 Å². The van der Waals surface area contributed by atoms with Gasteiger partial charge < -0.3 is 15.4 Å². The standard InChI is InChI=1S/C22H27N3O3/c1-28-16-17-7-9-18(10-8-17)22(27)24-20-11-13-25(14-12-20)15-21(26)23-19-5-3-2-4-6-19/h2-10,20H,11-16H2,1H3,(H,23,26)(H,24,27). The molecule has 1 saturated heterocycles. The molecule has 1 fully saturated rings. The number of hydrogen-bond donors (Lipinski definition) is 2. The number of carbonyl (C=O) groups excluding carboxylic acids is 2. The molecule has 0 aromatic heterocycles. The summed E-state index contributed by atoms with van der Waals surface area (Å²) in [7, 11) is 1.65. The van der Waals surface area contributed by atoms with E-state index in [0.29, 0.717) is 18.7 Å². The Morgan fingerprint density at radius 2 is 1.71 bits per heavy atom. The number of para-hydroxylation sites is 1. The summed E-state index contributed by atoms with van der Waals surface area (Å²) >= 11 is 0. The van der Waals surface area contributed by atoms with Crippen LogP contribution >= 0.6 is 0 Å². The van der Waals surface area contributed by atoms with Gasteiger partial charge in [-0.05, 0) is 42.7 Å². The van der Waals surface area contributed by atoms with Crippen molar-refractivity contribution in [1.29, 1.82) is 0 Å². The van der Waals surface area contributed by atoms with Crippen LogP contribution in [0.25, 0.3) is 0 Å². The lowest BCUT2D eigenvalue weighted by Crippen LogP contribution is -2.46. The summed E-state index contributed by atoms with van der Waals surface area (Å²) in [5.41, 5.74) is 2.51. The normalized spacial score (nSPS) is 15.2. The Morgan fingerprint density at radius 3 is 2.36 bits per heavy atom. The highest BCUT2D eigenvalue weighted by molar-refractivity contribution is 5.94. The van der Waals surface area contributed by atoms with Gasteiger partial charge in [-0.25, -0.2) is 0 Å². The van der Waals surface area contributed by atoms with Gasteiger partial charge in [0, 0.05) is 37.5 Å². The van der Waals surface area contributed by atoms with E-state index < -0.39 is 0 Å². The van der Waals surface area contributed by atoms with Crippen molar-refractivity contribution < 1.29 is 14.3 Å². The van der Waals surface area contributed by atoms with Crippen molar-refractivity contribution in [1.82, 2.24) is 10.2 Å². The quantitative estimate of drug-likeness (QED) is 0.774. The van der Waals surface area contributed by atoms with Gasteiger partial charge in [-0.1, -0.05) is 30.3 Å². The molecule has 0 saturated carbocycles. The van der Waals surface area contributed by atoms with Crippen LogP contribution in [-0.2, 0) is 16.1 Å².